The van der Waals surface area contributed by atoms with E-state index in [9.17, 15) is 0 Å². The van der Waals surface area contributed by atoms with Crippen LogP contribution < -0.4 is 5.32 Å². The number of hydrogen-bond donors (Lipinski definition) is 1. The molecule has 1 saturated heterocycles. The summed E-state index contributed by atoms with van der Waals surface area (Å²) in [6, 6.07) is 0.875. The number of nitrogens with zero attached hydrogens (tertiary/aromatic N) is 1. The van der Waals surface area contributed by atoms with Crippen LogP contribution in [0.25, 0.3) is 0 Å². The Bertz CT molecular complexity index is 165. The molecule has 3 heteroatoms. The Kier molecular flexibility index (Phi) is 3.79. The van der Waals surface area contributed by atoms with E-state index < -0.39 is 0 Å². The van der Waals surface area contributed by atoms with E-state index in [0.717, 1.165) is 32.3 Å². The predicted molar refractivity (Wildman–Crippen MR) is 57.5 cm³/mol. The third kappa shape index (κ3) is 2.94. The highest BCUT2D eigenvalue weighted by atomic mass is 16.5. The van der Waals surface area contributed by atoms with E-state index in [0.29, 0.717) is 6.10 Å². The van der Waals surface area contributed by atoms with Crippen LogP contribution in [0.1, 0.15) is 26.2 Å². The fourth-order valence-electron chi connectivity index (χ4n) is 2.15. The molecule has 1 aliphatic heterocycles. The van der Waals surface area contributed by atoms with Gasteiger partial charge in [0.2, 0.25) is 0 Å². The fraction of sp³-hybridized carbons (Fsp3) is 1.00. The molecule has 3 nitrogen and oxygen atoms in total. The maximum absolute atomic E-state index is 5.73. The molecule has 0 spiro atoms. The Morgan fingerprint density at radius 2 is 2.29 bits per heavy atom. The van der Waals surface area contributed by atoms with Crippen molar-refractivity contribution in [1.29, 1.82) is 0 Å². The second kappa shape index (κ2) is 5.10. The summed E-state index contributed by atoms with van der Waals surface area (Å²) < 4.78 is 5.73. The summed E-state index contributed by atoms with van der Waals surface area (Å²) in [6.07, 6.45) is 4.49. The van der Waals surface area contributed by atoms with E-state index in [1.807, 2.05) is 0 Å². The Balaban J connectivity index is 1.73. The first-order chi connectivity index (χ1) is 6.90. The van der Waals surface area contributed by atoms with Crippen molar-refractivity contribution in [2.24, 2.45) is 0 Å². The van der Waals surface area contributed by atoms with Crippen molar-refractivity contribution in [1.82, 2.24) is 10.2 Å². The van der Waals surface area contributed by atoms with Crippen molar-refractivity contribution in [2.75, 3.05) is 32.8 Å². The minimum absolute atomic E-state index is 0.427. The second-order valence-electron chi connectivity index (χ2n) is 4.42. The highest BCUT2D eigenvalue weighted by Crippen LogP contribution is 2.27. The summed E-state index contributed by atoms with van der Waals surface area (Å²) in [5.74, 6) is 0. The smallest absolute Gasteiger partial charge is 0.0826 e. The van der Waals surface area contributed by atoms with Gasteiger partial charge >= 0.3 is 0 Å². The van der Waals surface area contributed by atoms with Crippen LogP contribution in [0, 0.1) is 0 Å². The molecule has 1 atom stereocenters. The molecule has 0 aromatic heterocycles. The third-order valence-electron chi connectivity index (χ3n) is 3.02. The van der Waals surface area contributed by atoms with Gasteiger partial charge in [0.15, 0.2) is 0 Å². The number of morpholine rings is 1. The van der Waals surface area contributed by atoms with Gasteiger partial charge in [0.05, 0.1) is 12.7 Å². The lowest BCUT2D eigenvalue weighted by atomic mass is 10.2. The SMILES string of the molecule is CCCN(CC1CNCCO1)C1CC1. The number of rotatable bonds is 5. The van der Waals surface area contributed by atoms with E-state index in [1.165, 1.54) is 25.8 Å². The summed E-state index contributed by atoms with van der Waals surface area (Å²) in [5, 5.41) is 3.39. The molecule has 0 bridgehead atoms. The zero-order chi connectivity index (χ0) is 9.80. The molecule has 1 N–H and O–H groups in total. The maximum Gasteiger partial charge on any atom is 0.0826 e. The van der Waals surface area contributed by atoms with Crippen molar-refractivity contribution in [2.45, 2.75) is 38.3 Å². The lowest BCUT2D eigenvalue weighted by Gasteiger charge is -2.30. The van der Waals surface area contributed by atoms with Crippen LogP contribution in [0.3, 0.4) is 0 Å². The number of hydrogen-bond acceptors (Lipinski definition) is 3. The lowest BCUT2D eigenvalue weighted by Crippen LogP contribution is -2.46. The van der Waals surface area contributed by atoms with Gasteiger partial charge in [-0.15, -0.1) is 0 Å². The van der Waals surface area contributed by atoms with Gasteiger partial charge in [-0.25, -0.2) is 0 Å². The van der Waals surface area contributed by atoms with Crippen molar-refractivity contribution in [3.05, 3.63) is 0 Å². The summed E-state index contributed by atoms with van der Waals surface area (Å²) in [6.45, 7) is 7.57. The van der Waals surface area contributed by atoms with Crippen LogP contribution >= 0.6 is 0 Å². The molecule has 2 fully saturated rings. The Hall–Kier alpha value is -0.120. The minimum atomic E-state index is 0.427. The molecule has 82 valence electrons. The Morgan fingerprint density at radius 1 is 1.43 bits per heavy atom. The number of nitrogens with one attached hydrogen (secondary N) is 1. The first kappa shape index (κ1) is 10.4. The van der Waals surface area contributed by atoms with Gasteiger partial charge in [-0.1, -0.05) is 6.92 Å². The van der Waals surface area contributed by atoms with Gasteiger partial charge in [-0.2, -0.15) is 0 Å². The summed E-state index contributed by atoms with van der Waals surface area (Å²) >= 11 is 0. The maximum atomic E-state index is 5.73. The second-order valence-corrected chi connectivity index (χ2v) is 4.42. The highest BCUT2D eigenvalue weighted by molar-refractivity contribution is 4.86. The molecule has 1 unspecified atom stereocenters. The van der Waals surface area contributed by atoms with Crippen molar-refractivity contribution >= 4 is 0 Å². The van der Waals surface area contributed by atoms with Gasteiger partial charge in [0, 0.05) is 25.7 Å². The van der Waals surface area contributed by atoms with Crippen LogP contribution in [0.4, 0.5) is 0 Å². The Morgan fingerprint density at radius 3 is 2.86 bits per heavy atom. The zero-order valence-corrected chi connectivity index (χ0v) is 9.17. The fourth-order valence-corrected chi connectivity index (χ4v) is 2.15. The van der Waals surface area contributed by atoms with E-state index in [-0.39, 0.29) is 0 Å². The minimum Gasteiger partial charge on any atom is -0.374 e. The highest BCUT2D eigenvalue weighted by Gasteiger charge is 2.30. The molecule has 0 aromatic carbocycles. The molecule has 2 rings (SSSR count). The lowest BCUT2D eigenvalue weighted by molar-refractivity contribution is 0.00388. The van der Waals surface area contributed by atoms with E-state index >= 15 is 0 Å². The van der Waals surface area contributed by atoms with Gasteiger partial charge < -0.3 is 10.1 Å². The number of ether oxygens (including phenoxy) is 1. The predicted octanol–water partition coefficient (Wildman–Crippen LogP) is 0.849. The molecule has 1 saturated carbocycles. The standard InChI is InChI=1S/C11H22N2O/c1-2-6-13(10-3-4-10)9-11-8-12-5-7-14-11/h10-12H,2-9H2,1H3. The van der Waals surface area contributed by atoms with E-state index in [4.69, 9.17) is 4.74 Å². The van der Waals surface area contributed by atoms with Crippen molar-refractivity contribution in [3.63, 3.8) is 0 Å². The molecule has 1 heterocycles. The van der Waals surface area contributed by atoms with Crippen LogP contribution in [-0.2, 0) is 4.74 Å². The topological polar surface area (TPSA) is 24.5 Å². The molecule has 0 radical (unpaired) electrons. The van der Waals surface area contributed by atoms with Gasteiger partial charge in [0.25, 0.3) is 0 Å². The molecule has 2 aliphatic rings. The first-order valence-corrected chi connectivity index (χ1v) is 5.96. The average Bonchev–Trinajstić information content (AvgIpc) is 3.02. The summed E-state index contributed by atoms with van der Waals surface area (Å²) in [4.78, 5) is 2.61. The largest absolute Gasteiger partial charge is 0.374 e. The van der Waals surface area contributed by atoms with Crippen LogP contribution in [0.15, 0.2) is 0 Å². The van der Waals surface area contributed by atoms with Gasteiger partial charge in [-0.3, -0.25) is 4.90 Å². The molecular weight excluding hydrogens is 176 g/mol. The molecular formula is C11H22N2O. The van der Waals surface area contributed by atoms with Crippen LogP contribution in [0.2, 0.25) is 0 Å². The van der Waals surface area contributed by atoms with Gasteiger partial charge in [0.1, 0.15) is 0 Å². The first-order valence-electron chi connectivity index (χ1n) is 5.96. The van der Waals surface area contributed by atoms with Crippen LogP contribution in [0.5, 0.6) is 0 Å². The molecule has 0 amide bonds. The third-order valence-corrected chi connectivity index (χ3v) is 3.02. The molecule has 0 aromatic rings. The average molecular weight is 198 g/mol. The summed E-state index contributed by atoms with van der Waals surface area (Å²) in [5.41, 5.74) is 0. The summed E-state index contributed by atoms with van der Waals surface area (Å²) in [7, 11) is 0. The van der Waals surface area contributed by atoms with Gasteiger partial charge in [-0.05, 0) is 25.8 Å². The Labute approximate surface area is 86.8 Å². The van der Waals surface area contributed by atoms with Crippen LogP contribution in [-0.4, -0.2) is 49.8 Å². The van der Waals surface area contributed by atoms with Crippen molar-refractivity contribution < 1.29 is 4.74 Å². The molecule has 1 aliphatic carbocycles. The normalized spacial score (nSPS) is 28.3. The monoisotopic (exact) mass is 198 g/mol. The van der Waals surface area contributed by atoms with E-state index in [2.05, 4.69) is 17.1 Å². The van der Waals surface area contributed by atoms with E-state index in [1.54, 1.807) is 0 Å². The quantitative estimate of drug-likeness (QED) is 0.709. The zero-order valence-electron chi connectivity index (χ0n) is 9.17. The van der Waals surface area contributed by atoms with Crippen molar-refractivity contribution in [3.8, 4) is 0 Å². The molecule has 14 heavy (non-hydrogen) atoms.